The zero-order valence-corrected chi connectivity index (χ0v) is 7.82. The number of hydrogen-bond acceptors (Lipinski definition) is 3. The predicted molar refractivity (Wildman–Crippen MR) is 53.9 cm³/mol. The van der Waals surface area contributed by atoms with Gasteiger partial charge in [-0.3, -0.25) is 9.59 Å². The van der Waals surface area contributed by atoms with Crippen LogP contribution in [0.4, 0.5) is 0 Å². The molecular formula is C11H10O3. The molecule has 14 heavy (non-hydrogen) atoms. The molecule has 0 aliphatic heterocycles. The first-order valence-corrected chi connectivity index (χ1v) is 4.01. The Hall–Kier alpha value is -1.90. The summed E-state index contributed by atoms with van der Waals surface area (Å²) in [5.41, 5.74) is 1.43. The average molecular weight is 190 g/mol. The summed E-state index contributed by atoms with van der Waals surface area (Å²) in [6.45, 7) is 3.56. The van der Waals surface area contributed by atoms with Crippen molar-refractivity contribution in [2.75, 3.05) is 7.11 Å². The lowest BCUT2D eigenvalue weighted by atomic mass is 10.1. The van der Waals surface area contributed by atoms with Gasteiger partial charge in [0.1, 0.15) is 5.75 Å². The molecule has 0 atom stereocenters. The lowest BCUT2D eigenvalue weighted by Gasteiger charge is -2.07. The van der Waals surface area contributed by atoms with E-state index in [1.807, 2.05) is 0 Å². The average Bonchev–Trinajstić information content (AvgIpc) is 2.26. The van der Waals surface area contributed by atoms with E-state index in [1.54, 1.807) is 18.2 Å². The summed E-state index contributed by atoms with van der Waals surface area (Å²) in [6, 6.07) is 3.23. The molecule has 0 fully saturated rings. The number of methoxy groups -OCH3 is 1. The fourth-order valence-corrected chi connectivity index (χ4v) is 1.23. The minimum atomic E-state index is 0.306. The molecule has 3 nitrogen and oxygen atoms in total. The van der Waals surface area contributed by atoms with E-state index in [0.29, 0.717) is 29.4 Å². The summed E-state index contributed by atoms with van der Waals surface area (Å²) in [5, 5.41) is 0. The largest absolute Gasteiger partial charge is 0.495 e. The summed E-state index contributed by atoms with van der Waals surface area (Å²) in [4.78, 5) is 21.4. The lowest BCUT2D eigenvalue weighted by Crippen LogP contribution is -1.97. The maximum absolute atomic E-state index is 10.7. The normalized spacial score (nSPS) is 9.21. The van der Waals surface area contributed by atoms with Gasteiger partial charge in [-0.1, -0.05) is 12.7 Å². The van der Waals surface area contributed by atoms with Gasteiger partial charge in [0.2, 0.25) is 0 Å². The third-order valence-corrected chi connectivity index (χ3v) is 1.86. The van der Waals surface area contributed by atoms with Crippen molar-refractivity contribution in [3.8, 4) is 5.75 Å². The molecule has 0 heterocycles. The zero-order valence-electron chi connectivity index (χ0n) is 7.82. The third-order valence-electron chi connectivity index (χ3n) is 1.86. The van der Waals surface area contributed by atoms with Crippen LogP contribution < -0.4 is 4.74 Å². The maximum atomic E-state index is 10.7. The molecule has 0 N–H and O–H groups in total. The van der Waals surface area contributed by atoms with Crippen molar-refractivity contribution in [2.45, 2.75) is 0 Å². The Morgan fingerprint density at radius 3 is 2.00 bits per heavy atom. The fourth-order valence-electron chi connectivity index (χ4n) is 1.23. The van der Waals surface area contributed by atoms with Gasteiger partial charge in [-0.2, -0.15) is 0 Å². The molecule has 0 amide bonds. The van der Waals surface area contributed by atoms with Crippen LogP contribution in [0.15, 0.2) is 18.7 Å². The van der Waals surface area contributed by atoms with Crippen molar-refractivity contribution in [3.63, 3.8) is 0 Å². The quantitative estimate of drug-likeness (QED) is 0.681. The van der Waals surface area contributed by atoms with Gasteiger partial charge in [-0.25, -0.2) is 0 Å². The Bertz CT molecular complexity index is 351. The molecule has 1 aromatic carbocycles. The zero-order chi connectivity index (χ0) is 10.6. The van der Waals surface area contributed by atoms with E-state index in [2.05, 4.69) is 6.58 Å². The molecule has 0 aromatic heterocycles. The summed E-state index contributed by atoms with van der Waals surface area (Å²) in [7, 11) is 1.42. The van der Waals surface area contributed by atoms with Gasteiger partial charge in [-0.05, 0) is 17.7 Å². The number of aldehydes is 2. The highest BCUT2D eigenvalue weighted by Crippen LogP contribution is 2.23. The van der Waals surface area contributed by atoms with Gasteiger partial charge in [0.25, 0.3) is 0 Å². The fraction of sp³-hybridized carbons (Fsp3) is 0.0909. The molecule has 0 saturated carbocycles. The highest BCUT2D eigenvalue weighted by molar-refractivity contribution is 5.90. The van der Waals surface area contributed by atoms with Crippen LogP contribution >= 0.6 is 0 Å². The molecule has 1 rings (SSSR count). The maximum Gasteiger partial charge on any atom is 0.153 e. The van der Waals surface area contributed by atoms with E-state index in [0.717, 1.165) is 5.56 Å². The Morgan fingerprint density at radius 2 is 1.71 bits per heavy atom. The van der Waals surface area contributed by atoms with Gasteiger partial charge in [0.15, 0.2) is 12.6 Å². The highest BCUT2D eigenvalue weighted by atomic mass is 16.5. The highest BCUT2D eigenvalue weighted by Gasteiger charge is 2.09. The molecule has 0 bridgehead atoms. The Kier molecular flexibility index (Phi) is 3.18. The van der Waals surface area contributed by atoms with Crippen LogP contribution in [0.1, 0.15) is 26.3 Å². The van der Waals surface area contributed by atoms with E-state index in [1.165, 1.54) is 7.11 Å². The molecular weight excluding hydrogens is 180 g/mol. The molecule has 0 radical (unpaired) electrons. The van der Waals surface area contributed by atoms with Crippen LogP contribution in [-0.2, 0) is 0 Å². The van der Waals surface area contributed by atoms with Crippen LogP contribution in [0.25, 0.3) is 6.08 Å². The topological polar surface area (TPSA) is 43.4 Å². The van der Waals surface area contributed by atoms with E-state index in [-0.39, 0.29) is 0 Å². The second-order valence-electron chi connectivity index (χ2n) is 2.67. The van der Waals surface area contributed by atoms with Crippen molar-refractivity contribution in [3.05, 3.63) is 35.4 Å². The van der Waals surface area contributed by atoms with Gasteiger partial charge in [-0.15, -0.1) is 0 Å². The number of carbonyl (C=O) groups excluding carboxylic acids is 2. The molecule has 0 unspecified atom stereocenters. The molecule has 3 heteroatoms. The molecule has 0 spiro atoms. The summed E-state index contributed by atoms with van der Waals surface area (Å²) in [6.07, 6.45) is 2.87. The van der Waals surface area contributed by atoms with Crippen LogP contribution in [0.2, 0.25) is 0 Å². The van der Waals surface area contributed by atoms with Crippen molar-refractivity contribution in [1.82, 2.24) is 0 Å². The molecule has 1 aromatic rings. The number of hydrogen-bond donors (Lipinski definition) is 0. The van der Waals surface area contributed by atoms with Crippen LogP contribution in [0, 0.1) is 0 Å². The van der Waals surface area contributed by atoms with Gasteiger partial charge in [0.05, 0.1) is 18.2 Å². The molecule has 0 aliphatic rings. The monoisotopic (exact) mass is 190 g/mol. The lowest BCUT2D eigenvalue weighted by molar-refractivity contribution is 0.111. The third kappa shape index (κ3) is 1.71. The van der Waals surface area contributed by atoms with E-state index < -0.39 is 0 Å². The number of benzene rings is 1. The number of ether oxygens (including phenoxy) is 1. The van der Waals surface area contributed by atoms with Gasteiger partial charge < -0.3 is 4.74 Å². The molecule has 0 aliphatic carbocycles. The van der Waals surface area contributed by atoms with E-state index in [9.17, 15) is 9.59 Å². The van der Waals surface area contributed by atoms with Gasteiger partial charge in [0, 0.05) is 0 Å². The Balaban J connectivity index is 3.46. The minimum Gasteiger partial charge on any atom is -0.495 e. The number of rotatable bonds is 4. The Labute approximate surface area is 82.0 Å². The van der Waals surface area contributed by atoms with Crippen molar-refractivity contribution >= 4 is 18.6 Å². The molecule has 0 saturated heterocycles. The van der Waals surface area contributed by atoms with Crippen molar-refractivity contribution in [2.24, 2.45) is 0 Å². The van der Waals surface area contributed by atoms with E-state index in [4.69, 9.17) is 4.74 Å². The van der Waals surface area contributed by atoms with Gasteiger partial charge >= 0.3 is 0 Å². The second kappa shape index (κ2) is 4.37. The second-order valence-corrected chi connectivity index (χ2v) is 2.67. The van der Waals surface area contributed by atoms with Crippen LogP contribution in [0.3, 0.4) is 0 Å². The number of carbonyl (C=O) groups is 2. The van der Waals surface area contributed by atoms with Crippen molar-refractivity contribution in [1.29, 1.82) is 0 Å². The SMILES string of the molecule is C=Cc1cc(C=O)c(OC)c(C=O)c1. The summed E-state index contributed by atoms with van der Waals surface area (Å²) >= 11 is 0. The van der Waals surface area contributed by atoms with Crippen LogP contribution in [0.5, 0.6) is 5.75 Å². The summed E-state index contributed by atoms with van der Waals surface area (Å²) < 4.78 is 4.96. The first-order valence-electron chi connectivity index (χ1n) is 4.01. The predicted octanol–water partition coefficient (Wildman–Crippen LogP) is 1.96. The Morgan fingerprint density at radius 1 is 1.21 bits per heavy atom. The molecule has 72 valence electrons. The standard InChI is InChI=1S/C11H10O3/c1-3-8-4-9(6-12)11(14-2)10(5-8)7-13/h3-7H,1H2,2H3. The minimum absolute atomic E-state index is 0.306. The smallest absolute Gasteiger partial charge is 0.153 e. The van der Waals surface area contributed by atoms with E-state index >= 15 is 0 Å². The summed E-state index contributed by atoms with van der Waals surface area (Å²) in [5.74, 6) is 0.306. The first kappa shape index (κ1) is 10.2. The first-order chi connectivity index (χ1) is 6.76. The van der Waals surface area contributed by atoms with Crippen molar-refractivity contribution < 1.29 is 14.3 Å². The van der Waals surface area contributed by atoms with Crippen LogP contribution in [-0.4, -0.2) is 19.7 Å².